The van der Waals surface area contributed by atoms with Gasteiger partial charge in [-0.2, -0.15) is 0 Å². The molecule has 6 heteroatoms. The molecule has 0 bridgehead atoms. The Morgan fingerprint density at radius 1 is 1.30 bits per heavy atom. The molecule has 0 saturated carbocycles. The fourth-order valence-corrected chi connectivity index (χ4v) is 3.12. The number of rotatable bonds is 2. The second kappa shape index (κ2) is 5.08. The molecule has 0 amide bonds. The third-order valence-corrected chi connectivity index (χ3v) is 4.11. The van der Waals surface area contributed by atoms with E-state index in [1.54, 1.807) is 30.6 Å². The van der Waals surface area contributed by atoms with E-state index in [1.807, 2.05) is 17.5 Å². The van der Waals surface area contributed by atoms with Gasteiger partial charge in [-0.05, 0) is 17.5 Å². The standard InChI is InChI=1S/C14H8ClN3OS/c1-16-8-3-4-9(11(7-8)19-2)12-13-10(5-6-20-13)14(15)18-17-12/h3-7H,2H3. The Kier molecular flexibility index (Phi) is 3.26. The van der Waals surface area contributed by atoms with Gasteiger partial charge in [0.05, 0.1) is 18.4 Å². The molecule has 0 saturated heterocycles. The van der Waals surface area contributed by atoms with Crippen molar-refractivity contribution in [2.75, 3.05) is 7.11 Å². The van der Waals surface area contributed by atoms with Crippen LogP contribution in [0.15, 0.2) is 29.6 Å². The quantitative estimate of drug-likeness (QED) is 0.651. The number of aromatic nitrogens is 2. The zero-order valence-electron chi connectivity index (χ0n) is 10.4. The fraction of sp³-hybridized carbons (Fsp3) is 0.0714. The maximum absolute atomic E-state index is 7.05. The average molecular weight is 302 g/mol. The van der Waals surface area contributed by atoms with Crippen LogP contribution in [0, 0.1) is 6.57 Å². The number of hydrogen-bond donors (Lipinski definition) is 0. The van der Waals surface area contributed by atoms with Crippen molar-refractivity contribution in [2.24, 2.45) is 0 Å². The molecule has 0 unspecified atom stereocenters. The van der Waals surface area contributed by atoms with Crippen molar-refractivity contribution in [2.45, 2.75) is 0 Å². The number of thiophene rings is 1. The van der Waals surface area contributed by atoms with E-state index >= 15 is 0 Å². The van der Waals surface area contributed by atoms with Crippen LogP contribution in [0.5, 0.6) is 5.75 Å². The molecular weight excluding hydrogens is 294 g/mol. The smallest absolute Gasteiger partial charge is 0.190 e. The first-order chi connectivity index (χ1) is 9.74. The van der Waals surface area contributed by atoms with Crippen molar-refractivity contribution >= 4 is 38.7 Å². The van der Waals surface area contributed by atoms with Crippen LogP contribution in [-0.2, 0) is 0 Å². The second-order valence-electron chi connectivity index (χ2n) is 4.00. The first-order valence-electron chi connectivity index (χ1n) is 5.70. The number of halogens is 1. The summed E-state index contributed by atoms with van der Waals surface area (Å²) in [7, 11) is 1.57. The van der Waals surface area contributed by atoms with Crippen molar-refractivity contribution in [3.05, 3.63) is 46.2 Å². The molecule has 4 nitrogen and oxygen atoms in total. The van der Waals surface area contributed by atoms with Crippen molar-refractivity contribution in [3.8, 4) is 17.0 Å². The van der Waals surface area contributed by atoms with Crippen molar-refractivity contribution in [3.63, 3.8) is 0 Å². The number of benzene rings is 1. The molecule has 20 heavy (non-hydrogen) atoms. The van der Waals surface area contributed by atoms with E-state index in [-0.39, 0.29) is 0 Å². The topological polar surface area (TPSA) is 39.4 Å². The van der Waals surface area contributed by atoms with Crippen LogP contribution in [0.4, 0.5) is 5.69 Å². The molecule has 98 valence electrons. The maximum atomic E-state index is 7.05. The molecule has 0 aliphatic heterocycles. The van der Waals surface area contributed by atoms with Crippen LogP contribution in [0.2, 0.25) is 5.15 Å². The van der Waals surface area contributed by atoms with Crippen molar-refractivity contribution in [1.29, 1.82) is 0 Å². The Bertz CT molecular complexity index is 838. The zero-order valence-corrected chi connectivity index (χ0v) is 12.0. The van der Waals surface area contributed by atoms with Crippen LogP contribution < -0.4 is 4.74 Å². The van der Waals surface area contributed by atoms with E-state index in [0.29, 0.717) is 22.3 Å². The number of methoxy groups -OCH3 is 1. The highest BCUT2D eigenvalue weighted by atomic mass is 35.5. The van der Waals surface area contributed by atoms with Gasteiger partial charge in [-0.3, -0.25) is 0 Å². The SMILES string of the molecule is [C-]#[N+]c1ccc(-c2nnc(Cl)c3ccsc23)c(OC)c1. The summed E-state index contributed by atoms with van der Waals surface area (Å²) in [4.78, 5) is 3.40. The Morgan fingerprint density at radius 3 is 2.90 bits per heavy atom. The normalized spacial score (nSPS) is 10.4. The van der Waals surface area contributed by atoms with Gasteiger partial charge in [0.15, 0.2) is 10.8 Å². The third kappa shape index (κ3) is 1.99. The summed E-state index contributed by atoms with van der Waals surface area (Å²) in [6.07, 6.45) is 0. The van der Waals surface area contributed by atoms with Gasteiger partial charge in [0.1, 0.15) is 11.4 Å². The first kappa shape index (κ1) is 12.9. The minimum atomic E-state index is 0.391. The molecule has 0 fully saturated rings. The van der Waals surface area contributed by atoms with Crippen LogP contribution in [0.3, 0.4) is 0 Å². The fourth-order valence-electron chi connectivity index (χ4n) is 1.97. The molecule has 2 heterocycles. The summed E-state index contributed by atoms with van der Waals surface area (Å²) < 4.78 is 6.32. The molecule has 0 atom stereocenters. The molecule has 1 aromatic carbocycles. The number of fused-ring (bicyclic) bond motifs is 1. The summed E-state index contributed by atoms with van der Waals surface area (Å²) in [6.45, 7) is 7.05. The zero-order chi connectivity index (χ0) is 14.1. The average Bonchev–Trinajstić information content (AvgIpc) is 2.97. The van der Waals surface area contributed by atoms with E-state index in [9.17, 15) is 0 Å². The van der Waals surface area contributed by atoms with E-state index < -0.39 is 0 Å². The Balaban J connectivity index is 2.29. The van der Waals surface area contributed by atoms with E-state index in [0.717, 1.165) is 15.6 Å². The van der Waals surface area contributed by atoms with Gasteiger partial charge < -0.3 is 4.74 Å². The lowest BCUT2D eigenvalue weighted by molar-refractivity contribution is 0.416. The van der Waals surface area contributed by atoms with Crippen LogP contribution in [0.25, 0.3) is 26.2 Å². The second-order valence-corrected chi connectivity index (χ2v) is 5.27. The van der Waals surface area contributed by atoms with Gasteiger partial charge in [0.2, 0.25) is 0 Å². The van der Waals surface area contributed by atoms with Crippen LogP contribution in [-0.4, -0.2) is 17.3 Å². The predicted molar refractivity (Wildman–Crippen MR) is 80.7 cm³/mol. The van der Waals surface area contributed by atoms with Crippen LogP contribution >= 0.6 is 22.9 Å². The summed E-state index contributed by atoms with van der Waals surface area (Å²) >= 11 is 7.59. The Morgan fingerprint density at radius 2 is 2.15 bits per heavy atom. The predicted octanol–water partition coefficient (Wildman–Crippen LogP) is 4.57. The first-order valence-corrected chi connectivity index (χ1v) is 6.95. The molecule has 0 aliphatic carbocycles. The molecule has 0 spiro atoms. The maximum Gasteiger partial charge on any atom is 0.190 e. The minimum Gasteiger partial charge on any atom is -0.497 e. The summed E-state index contributed by atoms with van der Waals surface area (Å²) in [5.41, 5.74) is 2.04. The molecular formula is C14H8ClN3OS. The number of hydrogen-bond acceptors (Lipinski definition) is 4. The molecule has 0 N–H and O–H groups in total. The lowest BCUT2D eigenvalue weighted by atomic mass is 10.1. The lowest BCUT2D eigenvalue weighted by Gasteiger charge is -2.09. The van der Waals surface area contributed by atoms with Gasteiger partial charge in [0.25, 0.3) is 0 Å². The van der Waals surface area contributed by atoms with E-state index in [4.69, 9.17) is 22.9 Å². The summed E-state index contributed by atoms with van der Waals surface area (Å²) in [5, 5.41) is 11.4. The molecule has 0 radical (unpaired) electrons. The van der Waals surface area contributed by atoms with Crippen molar-refractivity contribution < 1.29 is 4.74 Å². The summed E-state index contributed by atoms with van der Waals surface area (Å²) in [5.74, 6) is 0.602. The molecule has 3 aromatic rings. The van der Waals surface area contributed by atoms with Gasteiger partial charge in [-0.15, -0.1) is 21.5 Å². The monoisotopic (exact) mass is 301 g/mol. The van der Waals surface area contributed by atoms with Gasteiger partial charge in [0, 0.05) is 10.9 Å². The van der Waals surface area contributed by atoms with Crippen LogP contribution in [0.1, 0.15) is 0 Å². The Hall–Kier alpha value is -2.16. The highest BCUT2D eigenvalue weighted by molar-refractivity contribution is 7.17. The highest BCUT2D eigenvalue weighted by Crippen LogP contribution is 2.38. The number of ether oxygens (including phenoxy) is 1. The largest absolute Gasteiger partial charge is 0.497 e. The van der Waals surface area contributed by atoms with Gasteiger partial charge in [-0.1, -0.05) is 23.7 Å². The minimum absolute atomic E-state index is 0.391. The molecule has 2 aromatic heterocycles. The highest BCUT2D eigenvalue weighted by Gasteiger charge is 2.15. The number of nitrogens with zero attached hydrogens (tertiary/aromatic N) is 3. The Labute approximate surface area is 124 Å². The van der Waals surface area contributed by atoms with Gasteiger partial charge in [-0.25, -0.2) is 4.85 Å². The molecule has 0 aliphatic rings. The van der Waals surface area contributed by atoms with E-state index in [2.05, 4.69) is 15.0 Å². The molecule has 3 rings (SSSR count). The third-order valence-electron chi connectivity index (χ3n) is 2.91. The van der Waals surface area contributed by atoms with E-state index in [1.165, 1.54) is 0 Å². The summed E-state index contributed by atoms with van der Waals surface area (Å²) in [6, 6.07) is 7.17. The lowest BCUT2D eigenvalue weighted by Crippen LogP contribution is -1.92. The van der Waals surface area contributed by atoms with Crippen molar-refractivity contribution in [1.82, 2.24) is 10.2 Å². The van der Waals surface area contributed by atoms with Gasteiger partial charge >= 0.3 is 0 Å².